The van der Waals surface area contributed by atoms with Gasteiger partial charge < -0.3 is 15.2 Å². The predicted octanol–water partition coefficient (Wildman–Crippen LogP) is 3.18. The normalized spacial score (nSPS) is 14.6. The lowest BCUT2D eigenvalue weighted by molar-refractivity contribution is -0.145. The summed E-state index contributed by atoms with van der Waals surface area (Å²) < 4.78 is 6.32. The van der Waals surface area contributed by atoms with Crippen molar-refractivity contribution in [3.63, 3.8) is 0 Å². The second kappa shape index (κ2) is 7.24. The number of carbonyl (C=O) groups excluding carboxylic acids is 1. The highest BCUT2D eigenvalue weighted by Gasteiger charge is 2.45. The number of fused-ring (bicyclic) bond motifs is 2. The number of para-hydroxylation sites is 1. The fourth-order valence-electron chi connectivity index (χ4n) is 3.90. The van der Waals surface area contributed by atoms with Gasteiger partial charge in [-0.1, -0.05) is 30.3 Å². The molecule has 7 heteroatoms. The van der Waals surface area contributed by atoms with Gasteiger partial charge in [-0.05, 0) is 36.1 Å². The summed E-state index contributed by atoms with van der Waals surface area (Å²) in [6, 6.07) is 13.5. The maximum absolute atomic E-state index is 13.1. The van der Waals surface area contributed by atoms with Crippen molar-refractivity contribution >= 4 is 33.4 Å². The number of carboxylic acids is 1. The van der Waals surface area contributed by atoms with E-state index in [9.17, 15) is 14.7 Å². The van der Waals surface area contributed by atoms with Crippen LogP contribution < -0.4 is 10.1 Å². The van der Waals surface area contributed by atoms with Gasteiger partial charge in [-0.3, -0.25) is 9.59 Å². The van der Waals surface area contributed by atoms with Crippen LogP contribution in [0.3, 0.4) is 0 Å². The largest absolute Gasteiger partial charge is 0.494 e. The molecule has 1 aliphatic carbocycles. The van der Waals surface area contributed by atoms with Crippen molar-refractivity contribution < 1.29 is 19.4 Å². The van der Waals surface area contributed by atoms with E-state index in [4.69, 9.17) is 4.74 Å². The molecule has 1 aliphatic rings. The van der Waals surface area contributed by atoms with E-state index in [2.05, 4.69) is 10.3 Å². The molecule has 3 aromatic rings. The van der Waals surface area contributed by atoms with Crippen LogP contribution in [-0.2, 0) is 29.0 Å². The number of amides is 1. The molecule has 2 N–H and O–H groups in total. The molecule has 1 aromatic heterocycles. The van der Waals surface area contributed by atoms with Crippen LogP contribution in [0.5, 0.6) is 5.75 Å². The van der Waals surface area contributed by atoms with Crippen molar-refractivity contribution in [3.8, 4) is 5.75 Å². The Labute approximate surface area is 166 Å². The van der Waals surface area contributed by atoms with E-state index < -0.39 is 11.4 Å². The Morgan fingerprint density at radius 1 is 1.18 bits per heavy atom. The summed E-state index contributed by atoms with van der Waals surface area (Å²) in [7, 11) is 1.60. The fourth-order valence-corrected chi connectivity index (χ4v) is 4.83. The van der Waals surface area contributed by atoms with Crippen molar-refractivity contribution in [3.05, 3.63) is 58.6 Å². The smallest absolute Gasteiger partial charge is 0.304 e. The lowest BCUT2D eigenvalue weighted by Crippen LogP contribution is -2.43. The average molecular weight is 396 g/mol. The second-order valence-corrected chi connectivity index (χ2v) is 8.19. The van der Waals surface area contributed by atoms with Gasteiger partial charge in [0.1, 0.15) is 16.3 Å². The number of carboxylic acid groups (broad SMARTS) is 1. The first-order valence-corrected chi connectivity index (χ1v) is 9.82. The number of benzene rings is 2. The summed E-state index contributed by atoms with van der Waals surface area (Å²) in [5.41, 5.74) is 1.91. The minimum atomic E-state index is -0.965. The first kappa shape index (κ1) is 18.4. The van der Waals surface area contributed by atoms with Crippen LogP contribution in [0.1, 0.15) is 22.6 Å². The summed E-state index contributed by atoms with van der Waals surface area (Å²) in [5, 5.41) is 13.1. The van der Waals surface area contributed by atoms with E-state index in [1.165, 1.54) is 11.3 Å². The monoisotopic (exact) mass is 396 g/mol. The predicted molar refractivity (Wildman–Crippen MR) is 107 cm³/mol. The van der Waals surface area contributed by atoms with Gasteiger partial charge in [-0.25, -0.2) is 4.98 Å². The van der Waals surface area contributed by atoms with E-state index in [0.717, 1.165) is 26.4 Å². The molecule has 0 aliphatic heterocycles. The van der Waals surface area contributed by atoms with Gasteiger partial charge in [-0.2, -0.15) is 0 Å². The standard InChI is InChI=1S/C21H20N2O4S/c1-27-15-7-4-8-16-19(15)23-17(28-16)12-22-20(26)21(11-18(24)25)9-13-5-2-3-6-14(13)10-21/h2-8H,9-12H2,1H3,(H,22,26)(H,24,25). The third-order valence-corrected chi connectivity index (χ3v) is 6.21. The summed E-state index contributed by atoms with van der Waals surface area (Å²) in [6.45, 7) is 0.263. The zero-order valence-electron chi connectivity index (χ0n) is 15.4. The number of rotatable bonds is 6. The Morgan fingerprint density at radius 2 is 1.89 bits per heavy atom. The van der Waals surface area contributed by atoms with Gasteiger partial charge in [0.15, 0.2) is 0 Å². The number of hydrogen-bond acceptors (Lipinski definition) is 5. The summed E-state index contributed by atoms with van der Waals surface area (Å²) >= 11 is 1.49. The van der Waals surface area contributed by atoms with Crippen molar-refractivity contribution in [2.24, 2.45) is 5.41 Å². The molecular weight excluding hydrogens is 376 g/mol. The minimum absolute atomic E-state index is 0.193. The van der Waals surface area contributed by atoms with Gasteiger partial charge in [-0.15, -0.1) is 11.3 Å². The topological polar surface area (TPSA) is 88.5 Å². The summed E-state index contributed by atoms with van der Waals surface area (Å²) in [4.78, 5) is 29.1. The van der Waals surface area contributed by atoms with Crippen LogP contribution in [0, 0.1) is 5.41 Å². The number of methoxy groups -OCH3 is 1. The zero-order valence-corrected chi connectivity index (χ0v) is 16.2. The molecule has 0 radical (unpaired) electrons. The first-order valence-electron chi connectivity index (χ1n) is 9.00. The molecule has 28 heavy (non-hydrogen) atoms. The molecule has 144 valence electrons. The molecule has 0 fully saturated rings. The van der Waals surface area contributed by atoms with Crippen molar-refractivity contribution in [2.75, 3.05) is 7.11 Å². The van der Waals surface area contributed by atoms with E-state index in [0.29, 0.717) is 18.6 Å². The number of ether oxygens (including phenoxy) is 1. The van der Waals surface area contributed by atoms with Gasteiger partial charge in [0.2, 0.25) is 5.91 Å². The molecule has 4 rings (SSSR count). The van der Waals surface area contributed by atoms with Crippen molar-refractivity contribution in [1.29, 1.82) is 0 Å². The van der Waals surface area contributed by atoms with Crippen molar-refractivity contribution in [2.45, 2.75) is 25.8 Å². The van der Waals surface area contributed by atoms with Crippen LogP contribution in [0.2, 0.25) is 0 Å². The fraction of sp³-hybridized carbons (Fsp3) is 0.286. The summed E-state index contributed by atoms with van der Waals surface area (Å²) in [5.74, 6) is -0.509. The van der Waals surface area contributed by atoms with Gasteiger partial charge in [0.25, 0.3) is 0 Å². The molecule has 6 nitrogen and oxygen atoms in total. The van der Waals surface area contributed by atoms with Crippen LogP contribution in [0.25, 0.3) is 10.2 Å². The van der Waals surface area contributed by atoms with Crippen LogP contribution >= 0.6 is 11.3 Å². The molecular formula is C21H20N2O4S. The number of aromatic nitrogens is 1. The molecule has 0 saturated carbocycles. The van der Waals surface area contributed by atoms with Gasteiger partial charge in [0, 0.05) is 0 Å². The number of thiazole rings is 1. The molecule has 2 aromatic carbocycles. The molecule has 1 heterocycles. The van der Waals surface area contributed by atoms with Gasteiger partial charge in [0.05, 0.1) is 30.2 Å². The third-order valence-electron chi connectivity index (χ3n) is 5.19. The summed E-state index contributed by atoms with van der Waals surface area (Å²) in [6.07, 6.45) is 0.686. The van der Waals surface area contributed by atoms with Crippen LogP contribution in [0.15, 0.2) is 42.5 Å². The number of aliphatic carboxylic acids is 1. The molecule has 0 spiro atoms. The second-order valence-electron chi connectivity index (χ2n) is 7.07. The minimum Gasteiger partial charge on any atom is -0.494 e. The van der Waals surface area contributed by atoms with E-state index in [1.807, 2.05) is 42.5 Å². The maximum atomic E-state index is 13.1. The zero-order chi connectivity index (χ0) is 19.7. The number of carbonyl (C=O) groups is 2. The van der Waals surface area contributed by atoms with Crippen LogP contribution in [-0.4, -0.2) is 29.1 Å². The quantitative estimate of drug-likeness (QED) is 0.668. The van der Waals surface area contributed by atoms with E-state index >= 15 is 0 Å². The van der Waals surface area contributed by atoms with E-state index in [-0.39, 0.29) is 18.9 Å². The average Bonchev–Trinajstić information content (AvgIpc) is 3.26. The van der Waals surface area contributed by atoms with Crippen molar-refractivity contribution in [1.82, 2.24) is 10.3 Å². The highest BCUT2D eigenvalue weighted by molar-refractivity contribution is 7.18. The molecule has 0 saturated heterocycles. The lowest BCUT2D eigenvalue weighted by atomic mass is 9.80. The lowest BCUT2D eigenvalue weighted by Gasteiger charge is -2.25. The molecule has 0 atom stereocenters. The Bertz CT molecular complexity index is 1030. The number of nitrogens with one attached hydrogen (secondary N) is 1. The van der Waals surface area contributed by atoms with Crippen LogP contribution in [0.4, 0.5) is 0 Å². The third kappa shape index (κ3) is 3.33. The molecule has 1 amide bonds. The Hall–Kier alpha value is -2.93. The molecule has 0 bridgehead atoms. The SMILES string of the molecule is COc1cccc2sc(CNC(=O)C3(CC(=O)O)Cc4ccccc4C3)nc12. The Kier molecular flexibility index (Phi) is 4.77. The Morgan fingerprint density at radius 3 is 2.54 bits per heavy atom. The van der Waals surface area contributed by atoms with E-state index in [1.54, 1.807) is 7.11 Å². The number of nitrogens with zero attached hydrogens (tertiary/aromatic N) is 1. The van der Waals surface area contributed by atoms with Gasteiger partial charge >= 0.3 is 5.97 Å². The molecule has 0 unspecified atom stereocenters. The number of hydrogen-bond donors (Lipinski definition) is 2. The Balaban J connectivity index is 1.54. The maximum Gasteiger partial charge on any atom is 0.304 e. The highest BCUT2D eigenvalue weighted by Crippen LogP contribution is 2.40. The first-order chi connectivity index (χ1) is 13.5. The highest BCUT2D eigenvalue weighted by atomic mass is 32.1.